The lowest BCUT2D eigenvalue weighted by atomic mass is 10.1. The van der Waals surface area contributed by atoms with Crippen molar-refractivity contribution in [3.63, 3.8) is 0 Å². The Morgan fingerprint density at radius 1 is 1.62 bits per heavy atom. The van der Waals surface area contributed by atoms with Crippen LogP contribution in [-0.2, 0) is 0 Å². The van der Waals surface area contributed by atoms with Crippen LogP contribution in [-0.4, -0.2) is 36.6 Å². The van der Waals surface area contributed by atoms with Crippen molar-refractivity contribution in [2.45, 2.75) is 38.8 Å². The molecule has 2 heteroatoms. The second kappa shape index (κ2) is 5.26. The summed E-state index contributed by atoms with van der Waals surface area (Å²) in [4.78, 5) is 2.47. The van der Waals surface area contributed by atoms with E-state index in [0.717, 1.165) is 26.1 Å². The van der Waals surface area contributed by atoms with E-state index in [2.05, 4.69) is 30.0 Å². The molecular formula is C11H20N2. The highest BCUT2D eigenvalue weighted by Gasteiger charge is 2.24. The normalized spacial score (nSPS) is 26.7. The average molecular weight is 180 g/mol. The summed E-state index contributed by atoms with van der Waals surface area (Å²) in [6.45, 7) is 7.66. The number of terminal acetylenes is 1. The van der Waals surface area contributed by atoms with Crippen LogP contribution in [0.1, 0.15) is 26.7 Å². The molecule has 0 saturated carbocycles. The molecule has 0 bridgehead atoms. The van der Waals surface area contributed by atoms with Crippen LogP contribution in [0.15, 0.2) is 0 Å². The standard InChI is InChI=1S/C11H20N2/c1-4-10(5-2)13-8-7-12-9-11(13)6-3/h1,10-12H,5-9H2,2-3H3. The van der Waals surface area contributed by atoms with Gasteiger partial charge in [0.2, 0.25) is 0 Å². The monoisotopic (exact) mass is 180 g/mol. The first-order valence-corrected chi connectivity index (χ1v) is 5.26. The van der Waals surface area contributed by atoms with Crippen LogP contribution in [0.5, 0.6) is 0 Å². The van der Waals surface area contributed by atoms with Crippen LogP contribution in [0.4, 0.5) is 0 Å². The van der Waals surface area contributed by atoms with Gasteiger partial charge in [0.05, 0.1) is 6.04 Å². The van der Waals surface area contributed by atoms with Gasteiger partial charge < -0.3 is 5.32 Å². The highest BCUT2D eigenvalue weighted by Crippen LogP contribution is 2.13. The lowest BCUT2D eigenvalue weighted by Gasteiger charge is -2.38. The maximum absolute atomic E-state index is 5.52. The predicted octanol–water partition coefficient (Wildman–Crippen LogP) is 1.08. The Bertz CT molecular complexity index is 183. The van der Waals surface area contributed by atoms with Gasteiger partial charge in [0, 0.05) is 25.7 Å². The summed E-state index contributed by atoms with van der Waals surface area (Å²) in [7, 11) is 0. The minimum atomic E-state index is 0.340. The quantitative estimate of drug-likeness (QED) is 0.654. The van der Waals surface area contributed by atoms with Gasteiger partial charge in [-0.05, 0) is 12.8 Å². The molecule has 1 aliphatic heterocycles. The summed E-state index contributed by atoms with van der Waals surface area (Å²) >= 11 is 0. The first-order valence-electron chi connectivity index (χ1n) is 5.26. The number of hydrogen-bond acceptors (Lipinski definition) is 2. The Hall–Kier alpha value is -0.520. The largest absolute Gasteiger partial charge is 0.314 e. The Labute approximate surface area is 81.7 Å². The Kier molecular flexibility index (Phi) is 4.27. The smallest absolute Gasteiger partial charge is 0.0712 e. The molecule has 0 radical (unpaired) electrons. The lowest BCUT2D eigenvalue weighted by Crippen LogP contribution is -2.54. The van der Waals surface area contributed by atoms with Crippen LogP contribution in [0.3, 0.4) is 0 Å². The van der Waals surface area contributed by atoms with E-state index in [1.807, 2.05) is 0 Å². The Balaban J connectivity index is 2.58. The Morgan fingerprint density at radius 3 is 2.92 bits per heavy atom. The van der Waals surface area contributed by atoms with Gasteiger partial charge >= 0.3 is 0 Å². The molecule has 0 spiro atoms. The second-order valence-electron chi connectivity index (χ2n) is 3.59. The van der Waals surface area contributed by atoms with Crippen molar-refractivity contribution >= 4 is 0 Å². The molecule has 0 aromatic rings. The molecule has 74 valence electrons. The molecular weight excluding hydrogens is 160 g/mol. The molecule has 1 fully saturated rings. The number of rotatable bonds is 3. The average Bonchev–Trinajstić information content (AvgIpc) is 2.20. The molecule has 2 atom stereocenters. The first kappa shape index (κ1) is 10.6. The third kappa shape index (κ3) is 2.46. The van der Waals surface area contributed by atoms with Gasteiger partial charge in [0.1, 0.15) is 0 Å². The van der Waals surface area contributed by atoms with E-state index < -0.39 is 0 Å². The molecule has 1 heterocycles. The third-order valence-electron chi connectivity index (χ3n) is 2.85. The maximum Gasteiger partial charge on any atom is 0.0712 e. The van der Waals surface area contributed by atoms with Gasteiger partial charge in [-0.2, -0.15) is 0 Å². The molecule has 2 unspecified atom stereocenters. The predicted molar refractivity (Wildman–Crippen MR) is 56.6 cm³/mol. The summed E-state index contributed by atoms with van der Waals surface area (Å²) in [5.41, 5.74) is 0. The van der Waals surface area contributed by atoms with Gasteiger partial charge in [-0.25, -0.2) is 0 Å². The van der Waals surface area contributed by atoms with Gasteiger partial charge in [0.15, 0.2) is 0 Å². The van der Waals surface area contributed by atoms with Crippen molar-refractivity contribution in [1.29, 1.82) is 0 Å². The number of nitrogens with zero attached hydrogens (tertiary/aromatic N) is 1. The fraction of sp³-hybridized carbons (Fsp3) is 0.818. The van der Waals surface area contributed by atoms with E-state index in [1.54, 1.807) is 0 Å². The SMILES string of the molecule is C#CC(CC)N1CCNCC1CC. The fourth-order valence-electron chi connectivity index (χ4n) is 2.01. The molecule has 13 heavy (non-hydrogen) atoms. The summed E-state index contributed by atoms with van der Waals surface area (Å²) in [5, 5.41) is 3.41. The molecule has 0 aromatic heterocycles. The van der Waals surface area contributed by atoms with Crippen molar-refractivity contribution in [1.82, 2.24) is 10.2 Å². The first-order chi connectivity index (χ1) is 6.33. The van der Waals surface area contributed by atoms with E-state index in [4.69, 9.17) is 6.42 Å². The van der Waals surface area contributed by atoms with E-state index in [1.165, 1.54) is 6.42 Å². The summed E-state index contributed by atoms with van der Waals surface area (Å²) < 4.78 is 0. The zero-order chi connectivity index (χ0) is 9.68. The zero-order valence-electron chi connectivity index (χ0n) is 8.71. The van der Waals surface area contributed by atoms with Crippen molar-refractivity contribution < 1.29 is 0 Å². The van der Waals surface area contributed by atoms with Gasteiger partial charge in [-0.1, -0.05) is 19.8 Å². The third-order valence-corrected chi connectivity index (χ3v) is 2.85. The summed E-state index contributed by atoms with van der Waals surface area (Å²) in [6, 6.07) is 0.974. The number of nitrogens with one attached hydrogen (secondary N) is 1. The van der Waals surface area contributed by atoms with Crippen LogP contribution in [0.25, 0.3) is 0 Å². The summed E-state index contributed by atoms with van der Waals surface area (Å²) in [6.07, 6.45) is 7.77. The topological polar surface area (TPSA) is 15.3 Å². The highest BCUT2D eigenvalue weighted by atomic mass is 15.2. The molecule has 1 aliphatic rings. The van der Waals surface area contributed by atoms with Crippen LogP contribution in [0.2, 0.25) is 0 Å². The molecule has 0 aromatic carbocycles. The number of piperazine rings is 1. The molecule has 1 N–H and O–H groups in total. The minimum Gasteiger partial charge on any atom is -0.314 e. The fourth-order valence-corrected chi connectivity index (χ4v) is 2.01. The second-order valence-corrected chi connectivity index (χ2v) is 3.59. The van der Waals surface area contributed by atoms with E-state index in [9.17, 15) is 0 Å². The molecule has 1 rings (SSSR count). The number of hydrogen-bond donors (Lipinski definition) is 1. The summed E-state index contributed by atoms with van der Waals surface area (Å²) in [5.74, 6) is 2.88. The molecule has 0 amide bonds. The van der Waals surface area contributed by atoms with Crippen LogP contribution >= 0.6 is 0 Å². The minimum absolute atomic E-state index is 0.340. The molecule has 0 aliphatic carbocycles. The van der Waals surface area contributed by atoms with Crippen molar-refractivity contribution in [2.24, 2.45) is 0 Å². The van der Waals surface area contributed by atoms with Crippen molar-refractivity contribution in [3.05, 3.63) is 0 Å². The maximum atomic E-state index is 5.52. The highest BCUT2D eigenvalue weighted by molar-refractivity contribution is 5.02. The molecule has 2 nitrogen and oxygen atoms in total. The van der Waals surface area contributed by atoms with Crippen LogP contribution < -0.4 is 5.32 Å². The van der Waals surface area contributed by atoms with Crippen molar-refractivity contribution in [2.75, 3.05) is 19.6 Å². The Morgan fingerprint density at radius 2 is 2.38 bits per heavy atom. The lowest BCUT2D eigenvalue weighted by molar-refractivity contribution is 0.127. The van der Waals surface area contributed by atoms with Crippen molar-refractivity contribution in [3.8, 4) is 12.3 Å². The van der Waals surface area contributed by atoms with Gasteiger partial charge in [0.25, 0.3) is 0 Å². The molecule has 1 saturated heterocycles. The van der Waals surface area contributed by atoms with Gasteiger partial charge in [-0.3, -0.25) is 4.90 Å². The van der Waals surface area contributed by atoms with E-state index >= 15 is 0 Å². The van der Waals surface area contributed by atoms with Gasteiger partial charge in [-0.15, -0.1) is 6.42 Å². The van der Waals surface area contributed by atoms with E-state index in [-0.39, 0.29) is 0 Å². The van der Waals surface area contributed by atoms with E-state index in [0.29, 0.717) is 12.1 Å². The van der Waals surface area contributed by atoms with Crippen LogP contribution in [0, 0.1) is 12.3 Å². The zero-order valence-corrected chi connectivity index (χ0v) is 8.71.